The summed E-state index contributed by atoms with van der Waals surface area (Å²) < 4.78 is 0. The van der Waals surface area contributed by atoms with E-state index in [9.17, 15) is 14.7 Å². The first kappa shape index (κ1) is 16.7. The van der Waals surface area contributed by atoms with E-state index in [0.29, 0.717) is 5.69 Å². The number of hydrogen-bond acceptors (Lipinski definition) is 4. The number of amides is 2. The molecule has 0 radical (unpaired) electrons. The molecule has 2 amide bonds. The highest BCUT2D eigenvalue weighted by atomic mass is 16.3. The highest BCUT2D eigenvalue weighted by Crippen LogP contribution is 2.16. The van der Waals surface area contributed by atoms with Crippen molar-refractivity contribution in [2.75, 3.05) is 18.5 Å². The van der Waals surface area contributed by atoms with Crippen LogP contribution in [0.15, 0.2) is 54.9 Å². The number of nitrogens with zero attached hydrogens (tertiary/aromatic N) is 2. The topological polar surface area (TPSA) is 98.3 Å². The molecule has 7 nitrogen and oxygen atoms in total. The molecule has 1 aromatic heterocycles. The molecule has 7 heteroatoms. The van der Waals surface area contributed by atoms with Gasteiger partial charge in [-0.3, -0.25) is 9.59 Å². The first-order chi connectivity index (χ1) is 12.2. The van der Waals surface area contributed by atoms with Gasteiger partial charge < -0.3 is 20.3 Å². The molecular weight excluding hydrogens is 320 g/mol. The summed E-state index contributed by atoms with van der Waals surface area (Å²) in [6.07, 6.45) is 1.56. The molecule has 0 bridgehead atoms. The second kappa shape index (κ2) is 7.59. The van der Waals surface area contributed by atoms with E-state index in [1.165, 1.54) is 4.90 Å². The quantitative estimate of drug-likeness (QED) is 0.614. The van der Waals surface area contributed by atoms with Crippen LogP contribution in [-0.2, 0) is 16.1 Å². The molecule has 3 N–H and O–H groups in total. The highest BCUT2D eigenvalue weighted by molar-refractivity contribution is 6.39. The smallest absolute Gasteiger partial charge is 0.313 e. The van der Waals surface area contributed by atoms with E-state index >= 15 is 0 Å². The number of benzene rings is 2. The molecule has 1 heterocycles. The number of aromatic amines is 1. The third kappa shape index (κ3) is 4.02. The summed E-state index contributed by atoms with van der Waals surface area (Å²) in [4.78, 5) is 33.1. The van der Waals surface area contributed by atoms with Crippen molar-refractivity contribution >= 4 is 28.5 Å². The lowest BCUT2D eigenvalue weighted by atomic mass is 10.2. The Morgan fingerprint density at radius 3 is 2.72 bits per heavy atom. The fraction of sp³-hybridized carbons (Fsp3) is 0.167. The number of aromatic nitrogens is 2. The molecule has 0 aliphatic carbocycles. The third-order valence-electron chi connectivity index (χ3n) is 3.75. The van der Waals surface area contributed by atoms with Gasteiger partial charge in [-0.2, -0.15) is 0 Å². The van der Waals surface area contributed by atoms with Crippen molar-refractivity contribution < 1.29 is 14.7 Å². The third-order valence-corrected chi connectivity index (χ3v) is 3.75. The van der Waals surface area contributed by atoms with E-state index < -0.39 is 11.8 Å². The van der Waals surface area contributed by atoms with Gasteiger partial charge in [-0.1, -0.05) is 30.3 Å². The molecule has 0 fully saturated rings. The van der Waals surface area contributed by atoms with Crippen LogP contribution >= 0.6 is 0 Å². The number of carbonyl (C=O) groups excluding carboxylic acids is 2. The molecule has 3 rings (SSSR count). The molecule has 0 spiro atoms. The Hall–Kier alpha value is -3.19. The fourth-order valence-electron chi connectivity index (χ4n) is 2.52. The number of rotatable bonds is 5. The van der Waals surface area contributed by atoms with Crippen LogP contribution in [0.4, 0.5) is 5.69 Å². The van der Waals surface area contributed by atoms with Gasteiger partial charge in [0.05, 0.1) is 24.0 Å². The van der Waals surface area contributed by atoms with Crippen LogP contribution in [0.3, 0.4) is 0 Å². The van der Waals surface area contributed by atoms with E-state index in [1.807, 2.05) is 30.3 Å². The SMILES string of the molecule is O=C(Nc1ccc2nc[nH]c2c1)C(=O)N(CCO)Cc1ccccc1. The van der Waals surface area contributed by atoms with E-state index in [2.05, 4.69) is 15.3 Å². The zero-order chi connectivity index (χ0) is 17.6. The van der Waals surface area contributed by atoms with Crippen LogP contribution in [0.25, 0.3) is 11.0 Å². The average molecular weight is 338 g/mol. The summed E-state index contributed by atoms with van der Waals surface area (Å²) in [5.41, 5.74) is 2.92. The Morgan fingerprint density at radius 2 is 1.96 bits per heavy atom. The number of nitrogens with one attached hydrogen (secondary N) is 2. The predicted molar refractivity (Wildman–Crippen MR) is 93.7 cm³/mol. The number of fused-ring (bicyclic) bond motifs is 1. The summed E-state index contributed by atoms with van der Waals surface area (Å²) in [5, 5.41) is 11.8. The van der Waals surface area contributed by atoms with Gasteiger partial charge in [-0.25, -0.2) is 4.98 Å². The molecule has 0 aliphatic heterocycles. The number of aliphatic hydroxyl groups is 1. The van der Waals surface area contributed by atoms with Gasteiger partial charge in [0.25, 0.3) is 0 Å². The van der Waals surface area contributed by atoms with Crippen LogP contribution < -0.4 is 5.32 Å². The number of aliphatic hydroxyl groups excluding tert-OH is 1. The van der Waals surface area contributed by atoms with Crippen molar-refractivity contribution in [1.82, 2.24) is 14.9 Å². The van der Waals surface area contributed by atoms with Gasteiger partial charge in [0.1, 0.15) is 0 Å². The lowest BCUT2D eigenvalue weighted by Crippen LogP contribution is -2.40. The summed E-state index contributed by atoms with van der Waals surface area (Å²) in [5.74, 6) is -1.44. The normalized spacial score (nSPS) is 10.6. The zero-order valence-corrected chi connectivity index (χ0v) is 13.5. The second-order valence-corrected chi connectivity index (χ2v) is 5.52. The Kier molecular flexibility index (Phi) is 5.06. The van der Waals surface area contributed by atoms with Gasteiger partial charge in [0.2, 0.25) is 0 Å². The molecule has 0 saturated heterocycles. The van der Waals surface area contributed by atoms with Crippen LogP contribution in [-0.4, -0.2) is 44.9 Å². The largest absolute Gasteiger partial charge is 0.395 e. The second-order valence-electron chi connectivity index (χ2n) is 5.52. The number of hydrogen-bond donors (Lipinski definition) is 3. The minimum absolute atomic E-state index is 0.0841. The van der Waals surface area contributed by atoms with E-state index in [0.717, 1.165) is 16.6 Å². The molecule has 25 heavy (non-hydrogen) atoms. The zero-order valence-electron chi connectivity index (χ0n) is 13.5. The standard InChI is InChI=1S/C18H18N4O3/c23-9-8-22(11-13-4-2-1-3-5-13)18(25)17(24)21-14-6-7-15-16(10-14)20-12-19-15/h1-7,10,12,23H,8-9,11H2,(H,19,20)(H,21,24). The van der Waals surface area contributed by atoms with Crippen LogP contribution in [0.2, 0.25) is 0 Å². The molecule has 0 unspecified atom stereocenters. The molecule has 3 aromatic rings. The first-order valence-corrected chi connectivity index (χ1v) is 7.85. The van der Waals surface area contributed by atoms with Crippen molar-refractivity contribution in [3.63, 3.8) is 0 Å². The maximum absolute atomic E-state index is 12.4. The lowest BCUT2D eigenvalue weighted by molar-refractivity contribution is -0.143. The van der Waals surface area contributed by atoms with Crippen molar-refractivity contribution in [3.8, 4) is 0 Å². The monoisotopic (exact) mass is 338 g/mol. The maximum atomic E-state index is 12.4. The minimum atomic E-state index is -0.747. The maximum Gasteiger partial charge on any atom is 0.313 e. The lowest BCUT2D eigenvalue weighted by Gasteiger charge is -2.21. The van der Waals surface area contributed by atoms with Crippen molar-refractivity contribution in [3.05, 3.63) is 60.4 Å². The van der Waals surface area contributed by atoms with Crippen molar-refractivity contribution in [1.29, 1.82) is 0 Å². The summed E-state index contributed by atoms with van der Waals surface area (Å²) in [6.45, 7) is 0.125. The van der Waals surface area contributed by atoms with Crippen LogP contribution in [0.1, 0.15) is 5.56 Å². The Balaban J connectivity index is 1.70. The summed E-state index contributed by atoms with van der Waals surface area (Å²) in [7, 11) is 0. The van der Waals surface area contributed by atoms with Gasteiger partial charge in [-0.05, 0) is 23.8 Å². The number of H-pyrrole nitrogens is 1. The number of anilines is 1. The van der Waals surface area contributed by atoms with E-state index in [-0.39, 0.29) is 19.7 Å². The van der Waals surface area contributed by atoms with E-state index in [4.69, 9.17) is 0 Å². The van der Waals surface area contributed by atoms with Crippen molar-refractivity contribution in [2.24, 2.45) is 0 Å². The Morgan fingerprint density at radius 1 is 1.16 bits per heavy atom. The highest BCUT2D eigenvalue weighted by Gasteiger charge is 2.22. The Labute approximate surface area is 144 Å². The molecule has 0 atom stereocenters. The van der Waals surface area contributed by atoms with Gasteiger partial charge >= 0.3 is 11.8 Å². The van der Waals surface area contributed by atoms with Gasteiger partial charge in [0, 0.05) is 18.8 Å². The van der Waals surface area contributed by atoms with Crippen molar-refractivity contribution in [2.45, 2.75) is 6.54 Å². The summed E-state index contributed by atoms with van der Waals surface area (Å²) >= 11 is 0. The van der Waals surface area contributed by atoms with E-state index in [1.54, 1.807) is 24.5 Å². The predicted octanol–water partition coefficient (Wildman–Crippen LogP) is 1.52. The minimum Gasteiger partial charge on any atom is -0.395 e. The summed E-state index contributed by atoms with van der Waals surface area (Å²) in [6, 6.07) is 14.5. The molecule has 0 aliphatic rings. The molecule has 128 valence electrons. The number of imidazole rings is 1. The Bertz CT molecular complexity index is 876. The average Bonchev–Trinajstić information content (AvgIpc) is 3.09. The number of carbonyl (C=O) groups is 2. The van der Waals surface area contributed by atoms with Gasteiger partial charge in [-0.15, -0.1) is 0 Å². The van der Waals surface area contributed by atoms with Gasteiger partial charge in [0.15, 0.2) is 0 Å². The first-order valence-electron chi connectivity index (χ1n) is 7.85. The van der Waals surface area contributed by atoms with Crippen LogP contribution in [0.5, 0.6) is 0 Å². The fourth-order valence-corrected chi connectivity index (χ4v) is 2.52. The molecule has 2 aromatic carbocycles. The molecular formula is C18H18N4O3. The van der Waals surface area contributed by atoms with Crippen LogP contribution in [0, 0.1) is 0 Å². The molecule has 0 saturated carbocycles.